The zero-order valence-electron chi connectivity index (χ0n) is 13.7. The van der Waals surface area contributed by atoms with Crippen molar-refractivity contribution in [2.45, 2.75) is 42.4 Å². The maximum Gasteiger partial charge on any atom is 0.416 e. The minimum absolute atomic E-state index is 0.394. The number of furan rings is 1. The van der Waals surface area contributed by atoms with Crippen LogP contribution in [-0.4, -0.2) is 14.8 Å². The van der Waals surface area contributed by atoms with E-state index in [1.54, 1.807) is 12.3 Å². The molecule has 1 aliphatic rings. The van der Waals surface area contributed by atoms with E-state index in [0.717, 1.165) is 30.5 Å². The summed E-state index contributed by atoms with van der Waals surface area (Å²) >= 11 is 1.39. The van der Waals surface area contributed by atoms with Crippen molar-refractivity contribution in [3.63, 3.8) is 0 Å². The lowest BCUT2D eigenvalue weighted by Gasteiger charge is -2.10. The second-order valence-corrected chi connectivity index (χ2v) is 7.21. The molecule has 3 aromatic rings. The monoisotopic (exact) mass is 379 g/mol. The van der Waals surface area contributed by atoms with Crippen molar-refractivity contribution in [1.82, 2.24) is 14.8 Å². The Kier molecular flexibility index (Phi) is 4.52. The number of rotatable bonds is 6. The van der Waals surface area contributed by atoms with Crippen LogP contribution in [0.25, 0.3) is 0 Å². The summed E-state index contributed by atoms with van der Waals surface area (Å²) in [5, 5.41) is 9.25. The Balaban J connectivity index is 1.53. The van der Waals surface area contributed by atoms with Gasteiger partial charge in [-0.1, -0.05) is 30.0 Å². The molecule has 4 rings (SSSR count). The highest BCUT2D eigenvalue weighted by atomic mass is 32.2. The maximum atomic E-state index is 12.9. The molecule has 136 valence electrons. The van der Waals surface area contributed by atoms with Crippen molar-refractivity contribution in [2.75, 3.05) is 0 Å². The zero-order chi connectivity index (χ0) is 18.1. The Bertz CT molecular complexity index is 885. The van der Waals surface area contributed by atoms with Crippen LogP contribution in [0.4, 0.5) is 13.2 Å². The smallest absolute Gasteiger partial charge is 0.416 e. The molecular weight excluding hydrogens is 363 g/mol. The maximum absolute atomic E-state index is 12.9. The van der Waals surface area contributed by atoms with E-state index >= 15 is 0 Å². The van der Waals surface area contributed by atoms with E-state index < -0.39 is 11.7 Å². The van der Waals surface area contributed by atoms with Crippen LogP contribution in [0.5, 0.6) is 0 Å². The van der Waals surface area contributed by atoms with Crippen LogP contribution >= 0.6 is 11.8 Å². The Morgan fingerprint density at radius 2 is 2.00 bits per heavy atom. The highest BCUT2D eigenvalue weighted by Gasteiger charge is 2.31. The largest absolute Gasteiger partial charge is 0.467 e. The summed E-state index contributed by atoms with van der Waals surface area (Å²) in [6.07, 6.45) is -0.533. The topological polar surface area (TPSA) is 43.9 Å². The lowest BCUT2D eigenvalue weighted by atomic mass is 10.1. The normalized spacial score (nSPS) is 14.7. The van der Waals surface area contributed by atoms with Gasteiger partial charge in [-0.25, -0.2) is 0 Å². The van der Waals surface area contributed by atoms with E-state index in [4.69, 9.17) is 4.42 Å². The SMILES string of the molecule is FC(F)(F)c1cccc(CSc2nnc(C3CC3)n2Cc2ccco2)c1. The molecule has 0 amide bonds. The molecule has 0 atom stereocenters. The number of thioether (sulfide) groups is 1. The first-order valence-corrected chi connectivity index (χ1v) is 9.23. The van der Waals surface area contributed by atoms with Crippen molar-refractivity contribution in [3.05, 3.63) is 65.4 Å². The van der Waals surface area contributed by atoms with Gasteiger partial charge >= 0.3 is 6.18 Å². The van der Waals surface area contributed by atoms with E-state index in [1.165, 1.54) is 23.9 Å². The number of hydrogen-bond acceptors (Lipinski definition) is 4. The Hall–Kier alpha value is -2.22. The number of hydrogen-bond donors (Lipinski definition) is 0. The van der Waals surface area contributed by atoms with Crippen molar-refractivity contribution >= 4 is 11.8 Å². The average Bonchev–Trinajstić information content (AvgIpc) is 3.18. The van der Waals surface area contributed by atoms with E-state index in [1.807, 2.05) is 16.7 Å². The first kappa shape index (κ1) is 17.2. The van der Waals surface area contributed by atoms with Gasteiger partial charge in [0.2, 0.25) is 0 Å². The molecule has 2 aromatic heterocycles. The van der Waals surface area contributed by atoms with Gasteiger partial charge in [-0.05, 0) is 36.6 Å². The van der Waals surface area contributed by atoms with Crippen LogP contribution in [0.2, 0.25) is 0 Å². The number of alkyl halides is 3. The molecule has 1 fully saturated rings. The highest BCUT2D eigenvalue weighted by molar-refractivity contribution is 7.98. The molecule has 0 aliphatic heterocycles. The van der Waals surface area contributed by atoms with Gasteiger partial charge in [-0.15, -0.1) is 10.2 Å². The Morgan fingerprint density at radius 3 is 2.69 bits per heavy atom. The van der Waals surface area contributed by atoms with Gasteiger partial charge in [0, 0.05) is 11.7 Å². The molecule has 0 saturated heterocycles. The van der Waals surface area contributed by atoms with Gasteiger partial charge in [-0.2, -0.15) is 13.2 Å². The summed E-state index contributed by atoms with van der Waals surface area (Å²) < 4.78 is 46.0. The Morgan fingerprint density at radius 1 is 1.15 bits per heavy atom. The van der Waals surface area contributed by atoms with Crippen LogP contribution in [-0.2, 0) is 18.5 Å². The molecule has 1 aromatic carbocycles. The molecule has 0 unspecified atom stereocenters. The van der Waals surface area contributed by atoms with Crippen molar-refractivity contribution in [1.29, 1.82) is 0 Å². The van der Waals surface area contributed by atoms with Gasteiger partial charge in [0.05, 0.1) is 18.4 Å². The van der Waals surface area contributed by atoms with E-state index in [0.29, 0.717) is 28.9 Å². The van der Waals surface area contributed by atoms with Crippen molar-refractivity contribution in [3.8, 4) is 0 Å². The molecule has 0 bridgehead atoms. The van der Waals surface area contributed by atoms with Gasteiger partial charge in [0.1, 0.15) is 11.6 Å². The summed E-state index contributed by atoms with van der Waals surface area (Å²) in [7, 11) is 0. The second-order valence-electron chi connectivity index (χ2n) is 6.27. The fourth-order valence-corrected chi connectivity index (χ4v) is 3.63. The lowest BCUT2D eigenvalue weighted by molar-refractivity contribution is -0.137. The molecule has 26 heavy (non-hydrogen) atoms. The molecule has 0 N–H and O–H groups in total. The van der Waals surface area contributed by atoms with Crippen molar-refractivity contribution in [2.24, 2.45) is 0 Å². The number of aromatic nitrogens is 3. The lowest BCUT2D eigenvalue weighted by Crippen LogP contribution is -2.06. The van der Waals surface area contributed by atoms with Crippen LogP contribution < -0.4 is 0 Å². The van der Waals surface area contributed by atoms with Crippen LogP contribution in [0.3, 0.4) is 0 Å². The molecule has 0 radical (unpaired) electrons. The van der Waals surface area contributed by atoms with Crippen LogP contribution in [0.1, 0.15) is 41.5 Å². The summed E-state index contributed by atoms with van der Waals surface area (Å²) in [6.45, 7) is 0.525. The van der Waals surface area contributed by atoms with Gasteiger partial charge < -0.3 is 4.42 Å². The summed E-state index contributed by atoms with van der Waals surface area (Å²) in [5.41, 5.74) is -0.0309. The number of benzene rings is 1. The third-order valence-corrected chi connectivity index (χ3v) is 5.24. The zero-order valence-corrected chi connectivity index (χ0v) is 14.6. The summed E-state index contributed by atoms with van der Waals surface area (Å²) in [4.78, 5) is 0. The first-order valence-electron chi connectivity index (χ1n) is 8.25. The van der Waals surface area contributed by atoms with Crippen LogP contribution in [0, 0.1) is 0 Å². The molecule has 8 heteroatoms. The fourth-order valence-electron chi connectivity index (χ4n) is 2.74. The van der Waals surface area contributed by atoms with E-state index in [9.17, 15) is 13.2 Å². The van der Waals surface area contributed by atoms with E-state index in [-0.39, 0.29) is 0 Å². The first-order chi connectivity index (χ1) is 12.5. The molecule has 2 heterocycles. The minimum atomic E-state index is -4.33. The quantitative estimate of drug-likeness (QED) is 0.559. The molecule has 1 saturated carbocycles. The second kappa shape index (κ2) is 6.83. The molecule has 1 aliphatic carbocycles. The summed E-state index contributed by atoms with van der Waals surface area (Å²) in [6, 6.07) is 9.10. The van der Waals surface area contributed by atoms with Gasteiger partial charge in [0.15, 0.2) is 5.16 Å². The third kappa shape index (κ3) is 3.80. The number of halogens is 3. The molecule has 4 nitrogen and oxygen atoms in total. The molecule has 0 spiro atoms. The average molecular weight is 379 g/mol. The predicted octanol–water partition coefficient (Wildman–Crippen LogP) is 5.11. The van der Waals surface area contributed by atoms with Gasteiger partial charge in [0.25, 0.3) is 0 Å². The Labute approximate surface area is 152 Å². The minimum Gasteiger partial charge on any atom is -0.467 e. The summed E-state index contributed by atoms with van der Waals surface area (Å²) in [5.74, 6) is 2.53. The molecular formula is C18H16F3N3OS. The highest BCUT2D eigenvalue weighted by Crippen LogP contribution is 2.40. The predicted molar refractivity (Wildman–Crippen MR) is 90.8 cm³/mol. The van der Waals surface area contributed by atoms with Crippen molar-refractivity contribution < 1.29 is 17.6 Å². The van der Waals surface area contributed by atoms with E-state index in [2.05, 4.69) is 10.2 Å². The van der Waals surface area contributed by atoms with Gasteiger partial charge in [-0.3, -0.25) is 4.57 Å². The fraction of sp³-hybridized carbons (Fsp3) is 0.333. The number of nitrogens with zero attached hydrogens (tertiary/aromatic N) is 3. The standard InChI is InChI=1S/C18H16F3N3OS/c19-18(20,21)14-4-1-3-12(9-14)11-26-17-23-22-16(13-6-7-13)24(17)10-15-5-2-8-25-15/h1-5,8-9,13H,6-7,10-11H2. The third-order valence-electron chi connectivity index (χ3n) is 4.20. The van der Waals surface area contributed by atoms with Crippen LogP contribution in [0.15, 0.2) is 52.2 Å².